The number of rotatable bonds is 5. The number of carbonyl (C=O) groups excluding carboxylic acids is 1. The first kappa shape index (κ1) is 16.1. The summed E-state index contributed by atoms with van der Waals surface area (Å²) in [5, 5.41) is 6.92. The number of amides is 2. The summed E-state index contributed by atoms with van der Waals surface area (Å²) in [6.07, 6.45) is 2.32. The number of nitrogens with zero attached hydrogens (tertiary/aromatic N) is 1. The van der Waals surface area contributed by atoms with Gasteiger partial charge in [-0.05, 0) is 37.4 Å². The van der Waals surface area contributed by atoms with E-state index >= 15 is 0 Å². The Hall–Kier alpha value is -1.26. The maximum Gasteiger partial charge on any atom is 0.321 e. The smallest absolute Gasteiger partial charge is 0.321 e. The maximum absolute atomic E-state index is 12.5. The van der Waals surface area contributed by atoms with Crippen LogP contribution in [-0.2, 0) is 0 Å². The number of halogens is 1. The van der Waals surface area contributed by atoms with Gasteiger partial charge in [-0.15, -0.1) is 0 Å². The fourth-order valence-electron chi connectivity index (χ4n) is 2.62. The minimum Gasteiger partial charge on any atom is -0.323 e. The van der Waals surface area contributed by atoms with Gasteiger partial charge in [0.25, 0.3) is 0 Å². The Bertz CT molecular complexity index is 472. The van der Waals surface area contributed by atoms with E-state index in [9.17, 15) is 4.79 Å². The van der Waals surface area contributed by atoms with Crippen LogP contribution in [0.25, 0.3) is 0 Å². The van der Waals surface area contributed by atoms with Gasteiger partial charge in [-0.1, -0.05) is 37.6 Å². The van der Waals surface area contributed by atoms with Gasteiger partial charge in [0.2, 0.25) is 0 Å². The molecule has 0 spiro atoms. The zero-order chi connectivity index (χ0) is 15.2. The summed E-state index contributed by atoms with van der Waals surface area (Å²) in [4.78, 5) is 14.4. The van der Waals surface area contributed by atoms with E-state index in [-0.39, 0.29) is 6.03 Å². The second-order valence-electron chi connectivity index (χ2n) is 6.00. The summed E-state index contributed by atoms with van der Waals surface area (Å²) < 4.78 is 0. The van der Waals surface area contributed by atoms with Gasteiger partial charge in [-0.3, -0.25) is 0 Å². The molecule has 1 fully saturated rings. The van der Waals surface area contributed by atoms with Crippen LogP contribution >= 0.6 is 11.6 Å². The molecular weight excluding hydrogens is 286 g/mol. The zero-order valence-electron chi connectivity index (χ0n) is 12.7. The topological polar surface area (TPSA) is 44.4 Å². The van der Waals surface area contributed by atoms with Crippen molar-refractivity contribution in [1.29, 1.82) is 0 Å². The van der Waals surface area contributed by atoms with Gasteiger partial charge in [0.05, 0.1) is 10.7 Å². The van der Waals surface area contributed by atoms with E-state index in [1.54, 1.807) is 6.07 Å². The molecule has 2 rings (SSSR count). The first-order valence-electron chi connectivity index (χ1n) is 7.60. The Morgan fingerprint density at radius 1 is 1.48 bits per heavy atom. The standard InChI is InChI=1S/C16H24ClN3O/c1-12(2)10-20(11-13-6-5-9-18-13)16(21)19-15-8-4-3-7-14(15)17/h3-4,7-8,12-13,18H,5-6,9-11H2,1-2H3,(H,19,21). The number of anilines is 1. The van der Waals surface area contributed by atoms with Gasteiger partial charge in [0.15, 0.2) is 0 Å². The molecule has 1 unspecified atom stereocenters. The van der Waals surface area contributed by atoms with Crippen LogP contribution in [0.3, 0.4) is 0 Å². The van der Waals surface area contributed by atoms with Gasteiger partial charge in [0.1, 0.15) is 0 Å². The van der Waals surface area contributed by atoms with Crippen LogP contribution in [0.15, 0.2) is 24.3 Å². The number of hydrogen-bond acceptors (Lipinski definition) is 2. The third-order valence-corrected chi connectivity index (χ3v) is 3.92. The van der Waals surface area contributed by atoms with Crippen LogP contribution in [-0.4, -0.2) is 36.6 Å². The Labute approximate surface area is 131 Å². The normalized spacial score (nSPS) is 18.0. The van der Waals surface area contributed by atoms with Crippen molar-refractivity contribution in [3.63, 3.8) is 0 Å². The highest BCUT2D eigenvalue weighted by atomic mass is 35.5. The molecule has 2 N–H and O–H groups in total. The first-order valence-corrected chi connectivity index (χ1v) is 7.98. The average molecular weight is 310 g/mol. The van der Waals surface area contributed by atoms with E-state index in [2.05, 4.69) is 24.5 Å². The highest BCUT2D eigenvalue weighted by Gasteiger charge is 2.22. The largest absolute Gasteiger partial charge is 0.323 e. The number of para-hydroxylation sites is 1. The molecule has 0 aromatic heterocycles. The van der Waals surface area contributed by atoms with Crippen LogP contribution in [0.4, 0.5) is 10.5 Å². The van der Waals surface area contributed by atoms with Gasteiger partial charge < -0.3 is 15.5 Å². The van der Waals surface area contributed by atoms with Crippen LogP contribution in [0.1, 0.15) is 26.7 Å². The molecule has 1 aromatic carbocycles. The van der Waals surface area contributed by atoms with Crippen molar-refractivity contribution in [2.45, 2.75) is 32.7 Å². The summed E-state index contributed by atoms with van der Waals surface area (Å²) in [5.41, 5.74) is 0.664. The van der Waals surface area contributed by atoms with Crippen molar-refractivity contribution in [2.24, 2.45) is 5.92 Å². The average Bonchev–Trinajstić information content (AvgIpc) is 2.93. The molecule has 5 heteroatoms. The predicted octanol–water partition coefficient (Wildman–Crippen LogP) is 3.58. The van der Waals surface area contributed by atoms with Crippen LogP contribution in [0, 0.1) is 5.92 Å². The molecule has 1 aliphatic rings. The lowest BCUT2D eigenvalue weighted by Crippen LogP contribution is -2.44. The monoisotopic (exact) mass is 309 g/mol. The Kier molecular flexibility index (Phi) is 5.88. The molecule has 1 heterocycles. The van der Waals surface area contributed by atoms with E-state index in [0.29, 0.717) is 22.7 Å². The second-order valence-corrected chi connectivity index (χ2v) is 6.41. The van der Waals surface area contributed by atoms with E-state index in [1.807, 2.05) is 23.1 Å². The highest BCUT2D eigenvalue weighted by Crippen LogP contribution is 2.21. The van der Waals surface area contributed by atoms with Crippen molar-refractivity contribution in [3.8, 4) is 0 Å². The van der Waals surface area contributed by atoms with Gasteiger partial charge in [-0.2, -0.15) is 0 Å². The second kappa shape index (κ2) is 7.66. The molecule has 2 amide bonds. The van der Waals surface area contributed by atoms with E-state index in [4.69, 9.17) is 11.6 Å². The first-order chi connectivity index (χ1) is 10.1. The maximum atomic E-state index is 12.5. The molecule has 1 aromatic rings. The molecule has 0 aliphatic carbocycles. The Morgan fingerprint density at radius 2 is 2.24 bits per heavy atom. The third kappa shape index (κ3) is 4.90. The number of nitrogens with one attached hydrogen (secondary N) is 2. The Morgan fingerprint density at radius 3 is 2.86 bits per heavy atom. The van der Waals surface area contributed by atoms with Crippen LogP contribution < -0.4 is 10.6 Å². The molecule has 1 saturated heterocycles. The number of carbonyl (C=O) groups is 1. The number of hydrogen-bond donors (Lipinski definition) is 2. The molecule has 1 atom stereocenters. The van der Waals surface area contributed by atoms with E-state index in [0.717, 1.165) is 26.1 Å². The van der Waals surface area contributed by atoms with Gasteiger partial charge in [0, 0.05) is 19.1 Å². The molecule has 0 bridgehead atoms. The van der Waals surface area contributed by atoms with Crippen molar-refractivity contribution < 1.29 is 4.79 Å². The summed E-state index contributed by atoms with van der Waals surface area (Å²) in [7, 11) is 0. The Balaban J connectivity index is 2.01. The number of benzene rings is 1. The van der Waals surface area contributed by atoms with Crippen molar-refractivity contribution in [1.82, 2.24) is 10.2 Å². The van der Waals surface area contributed by atoms with Gasteiger partial charge in [-0.25, -0.2) is 4.79 Å². The summed E-state index contributed by atoms with van der Waals surface area (Å²) in [5.74, 6) is 0.434. The fraction of sp³-hybridized carbons (Fsp3) is 0.562. The van der Waals surface area contributed by atoms with E-state index < -0.39 is 0 Å². The molecule has 21 heavy (non-hydrogen) atoms. The number of urea groups is 1. The highest BCUT2D eigenvalue weighted by molar-refractivity contribution is 6.33. The molecule has 0 radical (unpaired) electrons. The molecule has 1 aliphatic heterocycles. The van der Waals surface area contributed by atoms with Crippen molar-refractivity contribution >= 4 is 23.3 Å². The third-order valence-electron chi connectivity index (χ3n) is 3.59. The van der Waals surface area contributed by atoms with Crippen molar-refractivity contribution in [2.75, 3.05) is 25.0 Å². The lowest BCUT2D eigenvalue weighted by atomic mass is 10.1. The fourth-order valence-corrected chi connectivity index (χ4v) is 2.80. The SMILES string of the molecule is CC(C)CN(CC1CCCN1)C(=O)Nc1ccccc1Cl. The molecule has 0 saturated carbocycles. The van der Waals surface area contributed by atoms with E-state index in [1.165, 1.54) is 6.42 Å². The van der Waals surface area contributed by atoms with Crippen LogP contribution in [0.2, 0.25) is 5.02 Å². The summed E-state index contributed by atoms with van der Waals surface area (Å²) in [6.45, 7) is 6.78. The predicted molar refractivity (Wildman–Crippen MR) is 87.9 cm³/mol. The zero-order valence-corrected chi connectivity index (χ0v) is 13.5. The minimum absolute atomic E-state index is 0.0782. The van der Waals surface area contributed by atoms with Gasteiger partial charge >= 0.3 is 6.03 Å². The summed E-state index contributed by atoms with van der Waals surface area (Å²) in [6, 6.07) is 7.65. The molecule has 116 valence electrons. The molecular formula is C16H24ClN3O. The lowest BCUT2D eigenvalue weighted by Gasteiger charge is -2.28. The van der Waals surface area contributed by atoms with Crippen molar-refractivity contribution in [3.05, 3.63) is 29.3 Å². The quantitative estimate of drug-likeness (QED) is 0.873. The molecule has 4 nitrogen and oxygen atoms in total. The van der Waals surface area contributed by atoms with Crippen LogP contribution in [0.5, 0.6) is 0 Å². The lowest BCUT2D eigenvalue weighted by molar-refractivity contribution is 0.198. The summed E-state index contributed by atoms with van der Waals surface area (Å²) >= 11 is 6.10. The minimum atomic E-state index is -0.0782.